The number of nitrogens with one attached hydrogen (secondary N) is 2. The summed E-state index contributed by atoms with van der Waals surface area (Å²) in [5.41, 5.74) is 0.813. The van der Waals surface area contributed by atoms with E-state index in [-0.39, 0.29) is 21.5 Å². The smallest absolute Gasteiger partial charge is 0.258 e. The average molecular weight is 343 g/mol. The molecule has 0 spiro atoms. The number of rotatable bonds is 2. The van der Waals surface area contributed by atoms with Crippen LogP contribution in [0.4, 0.5) is 10.1 Å². The van der Waals surface area contributed by atoms with E-state index in [0.717, 1.165) is 0 Å². The molecule has 2 rings (SSSR count). The van der Waals surface area contributed by atoms with E-state index < -0.39 is 5.91 Å². The molecule has 0 aromatic heterocycles. The predicted octanol–water partition coefficient (Wildman–Crippen LogP) is 4.26. The third-order valence-electron chi connectivity index (χ3n) is 2.50. The summed E-state index contributed by atoms with van der Waals surface area (Å²) in [7, 11) is 0. The Morgan fingerprint density at radius 1 is 1.10 bits per heavy atom. The number of carbonyl (C=O) groups excluding carboxylic acids is 1. The summed E-state index contributed by atoms with van der Waals surface area (Å²) < 4.78 is 12.8. The number of anilines is 1. The SMILES string of the molecule is O=C(NC(=S)Nc1ccc(F)cc1)c1ccc(Cl)cc1Cl. The molecule has 0 heterocycles. The molecule has 0 unspecified atom stereocenters. The normalized spacial score (nSPS) is 10.0. The summed E-state index contributed by atoms with van der Waals surface area (Å²) in [5.74, 6) is -0.820. The predicted molar refractivity (Wildman–Crippen MR) is 86.5 cm³/mol. The van der Waals surface area contributed by atoms with E-state index in [0.29, 0.717) is 10.7 Å². The molecule has 0 aliphatic heterocycles. The monoisotopic (exact) mass is 342 g/mol. The standard InChI is InChI=1S/C14H9Cl2FN2OS/c15-8-1-6-11(12(16)7-8)13(20)19-14(21)18-10-4-2-9(17)3-5-10/h1-7H,(H2,18,19,20,21). The fraction of sp³-hybridized carbons (Fsp3) is 0. The molecule has 0 saturated heterocycles. The lowest BCUT2D eigenvalue weighted by Gasteiger charge is -2.10. The Morgan fingerprint density at radius 2 is 1.76 bits per heavy atom. The van der Waals surface area contributed by atoms with Gasteiger partial charge in [-0.05, 0) is 54.7 Å². The first kappa shape index (κ1) is 15.7. The number of hydrogen-bond acceptors (Lipinski definition) is 2. The van der Waals surface area contributed by atoms with Crippen LogP contribution >= 0.6 is 35.4 Å². The van der Waals surface area contributed by atoms with Crippen LogP contribution in [-0.2, 0) is 0 Å². The number of amides is 1. The Kier molecular flexibility index (Phi) is 5.12. The van der Waals surface area contributed by atoms with E-state index in [1.807, 2.05) is 0 Å². The molecule has 0 aliphatic rings. The van der Waals surface area contributed by atoms with Gasteiger partial charge < -0.3 is 5.32 Å². The van der Waals surface area contributed by atoms with E-state index >= 15 is 0 Å². The van der Waals surface area contributed by atoms with Crippen LogP contribution in [-0.4, -0.2) is 11.0 Å². The van der Waals surface area contributed by atoms with Gasteiger partial charge in [0.25, 0.3) is 5.91 Å². The van der Waals surface area contributed by atoms with Gasteiger partial charge in [-0.15, -0.1) is 0 Å². The lowest BCUT2D eigenvalue weighted by atomic mass is 10.2. The van der Waals surface area contributed by atoms with Crippen LogP contribution in [0, 0.1) is 5.82 Å². The zero-order valence-electron chi connectivity index (χ0n) is 10.5. The molecule has 3 nitrogen and oxygen atoms in total. The molecule has 2 N–H and O–H groups in total. The molecule has 108 valence electrons. The third-order valence-corrected chi connectivity index (χ3v) is 3.26. The second kappa shape index (κ2) is 6.85. The maximum absolute atomic E-state index is 12.8. The minimum atomic E-state index is -0.462. The highest BCUT2D eigenvalue weighted by atomic mass is 35.5. The summed E-state index contributed by atoms with van der Waals surface area (Å²) in [4.78, 5) is 12.0. The first-order chi connectivity index (χ1) is 9.95. The van der Waals surface area contributed by atoms with Gasteiger partial charge in [0.15, 0.2) is 5.11 Å². The van der Waals surface area contributed by atoms with E-state index in [1.54, 1.807) is 6.07 Å². The number of hydrogen-bond donors (Lipinski definition) is 2. The van der Waals surface area contributed by atoms with Gasteiger partial charge >= 0.3 is 0 Å². The van der Waals surface area contributed by atoms with Gasteiger partial charge in [-0.25, -0.2) is 4.39 Å². The van der Waals surface area contributed by atoms with Crippen molar-refractivity contribution in [2.75, 3.05) is 5.32 Å². The highest BCUT2D eigenvalue weighted by molar-refractivity contribution is 7.80. The Morgan fingerprint density at radius 3 is 2.38 bits per heavy atom. The van der Waals surface area contributed by atoms with Gasteiger partial charge in [0.05, 0.1) is 10.6 Å². The molecule has 7 heteroatoms. The van der Waals surface area contributed by atoms with Crippen LogP contribution in [0.25, 0.3) is 0 Å². The van der Waals surface area contributed by atoms with Gasteiger partial charge in [0, 0.05) is 10.7 Å². The van der Waals surface area contributed by atoms with Crippen molar-refractivity contribution < 1.29 is 9.18 Å². The molecule has 0 aliphatic carbocycles. The van der Waals surface area contributed by atoms with Crippen LogP contribution < -0.4 is 10.6 Å². The molecule has 0 atom stereocenters. The Balaban J connectivity index is 2.02. The largest absolute Gasteiger partial charge is 0.332 e. The average Bonchev–Trinajstić information content (AvgIpc) is 2.41. The number of benzene rings is 2. The van der Waals surface area contributed by atoms with E-state index in [2.05, 4.69) is 10.6 Å². The molecule has 21 heavy (non-hydrogen) atoms. The summed E-state index contributed by atoms with van der Waals surface area (Å²) in [6.45, 7) is 0. The van der Waals surface area contributed by atoms with Crippen molar-refractivity contribution in [3.8, 4) is 0 Å². The van der Waals surface area contributed by atoms with Crippen molar-refractivity contribution in [3.05, 3.63) is 63.9 Å². The van der Waals surface area contributed by atoms with Crippen molar-refractivity contribution in [2.45, 2.75) is 0 Å². The molecular formula is C14H9Cl2FN2OS. The topological polar surface area (TPSA) is 41.1 Å². The van der Waals surface area contributed by atoms with E-state index in [4.69, 9.17) is 35.4 Å². The van der Waals surface area contributed by atoms with Crippen LogP contribution in [0.5, 0.6) is 0 Å². The van der Waals surface area contributed by atoms with Crippen molar-refractivity contribution in [1.82, 2.24) is 5.32 Å². The van der Waals surface area contributed by atoms with Crippen molar-refractivity contribution >= 4 is 52.1 Å². The summed E-state index contributed by atoms with van der Waals surface area (Å²) in [6, 6.07) is 10.1. The molecule has 2 aromatic carbocycles. The van der Waals surface area contributed by atoms with E-state index in [1.165, 1.54) is 36.4 Å². The molecule has 0 radical (unpaired) electrons. The Labute approximate surface area is 136 Å². The van der Waals surface area contributed by atoms with Crippen molar-refractivity contribution in [1.29, 1.82) is 0 Å². The van der Waals surface area contributed by atoms with Crippen LogP contribution in [0.15, 0.2) is 42.5 Å². The Hall–Kier alpha value is -1.69. The lowest BCUT2D eigenvalue weighted by molar-refractivity contribution is 0.0978. The quantitative estimate of drug-likeness (QED) is 0.801. The molecule has 0 fully saturated rings. The summed E-state index contributed by atoms with van der Waals surface area (Å²) >= 11 is 16.7. The third kappa shape index (κ3) is 4.39. The van der Waals surface area contributed by atoms with Gasteiger partial charge in [0.1, 0.15) is 5.82 Å². The fourth-order valence-corrected chi connectivity index (χ4v) is 2.24. The van der Waals surface area contributed by atoms with Crippen molar-refractivity contribution in [3.63, 3.8) is 0 Å². The number of thiocarbonyl (C=S) groups is 1. The molecule has 1 amide bonds. The van der Waals surface area contributed by atoms with Crippen LogP contribution in [0.2, 0.25) is 10.0 Å². The van der Waals surface area contributed by atoms with Crippen LogP contribution in [0.1, 0.15) is 10.4 Å². The Bertz CT molecular complexity index is 692. The highest BCUT2D eigenvalue weighted by Gasteiger charge is 2.12. The summed E-state index contributed by atoms with van der Waals surface area (Å²) in [6.07, 6.45) is 0. The minimum absolute atomic E-state index is 0.0811. The van der Waals surface area contributed by atoms with Crippen molar-refractivity contribution in [2.24, 2.45) is 0 Å². The number of halogens is 3. The first-order valence-electron chi connectivity index (χ1n) is 5.78. The summed E-state index contributed by atoms with van der Waals surface area (Å²) in [5, 5.41) is 5.99. The van der Waals surface area contributed by atoms with Crippen LogP contribution in [0.3, 0.4) is 0 Å². The second-order valence-corrected chi connectivity index (χ2v) is 5.29. The van der Waals surface area contributed by atoms with Gasteiger partial charge in [-0.3, -0.25) is 10.1 Å². The lowest BCUT2D eigenvalue weighted by Crippen LogP contribution is -2.34. The highest BCUT2D eigenvalue weighted by Crippen LogP contribution is 2.20. The molecule has 2 aromatic rings. The maximum Gasteiger partial charge on any atom is 0.258 e. The molecule has 0 bridgehead atoms. The van der Waals surface area contributed by atoms with Gasteiger partial charge in [-0.1, -0.05) is 23.2 Å². The first-order valence-corrected chi connectivity index (χ1v) is 6.95. The number of carbonyl (C=O) groups is 1. The zero-order chi connectivity index (χ0) is 15.4. The zero-order valence-corrected chi connectivity index (χ0v) is 12.8. The molecule has 0 saturated carbocycles. The molecular weight excluding hydrogens is 334 g/mol. The van der Waals surface area contributed by atoms with E-state index in [9.17, 15) is 9.18 Å². The van der Waals surface area contributed by atoms with Gasteiger partial charge in [-0.2, -0.15) is 0 Å². The maximum atomic E-state index is 12.8. The fourth-order valence-electron chi connectivity index (χ4n) is 1.54. The second-order valence-electron chi connectivity index (χ2n) is 4.04. The minimum Gasteiger partial charge on any atom is -0.332 e. The van der Waals surface area contributed by atoms with Gasteiger partial charge in [0.2, 0.25) is 0 Å².